The van der Waals surface area contributed by atoms with Crippen molar-refractivity contribution in [3.05, 3.63) is 29.8 Å². The fourth-order valence-electron chi connectivity index (χ4n) is 1.99. The zero-order valence-electron chi connectivity index (χ0n) is 10.5. The number of amides is 1. The molecule has 4 nitrogen and oxygen atoms in total. The first-order valence-electron chi connectivity index (χ1n) is 6.26. The molecule has 2 rings (SSSR count). The summed E-state index contributed by atoms with van der Waals surface area (Å²) in [5, 5.41) is 0. The molecule has 0 spiro atoms. The SMILES string of the molecule is CCCCOC(=O)CN1C(=O)Cc2ccccc21. The summed E-state index contributed by atoms with van der Waals surface area (Å²) in [6.45, 7) is 2.48. The second-order valence-corrected chi connectivity index (χ2v) is 4.36. The largest absolute Gasteiger partial charge is 0.464 e. The van der Waals surface area contributed by atoms with E-state index in [2.05, 4.69) is 0 Å². The predicted octanol–water partition coefficient (Wildman–Crippen LogP) is 1.92. The number of rotatable bonds is 5. The summed E-state index contributed by atoms with van der Waals surface area (Å²) in [5.41, 5.74) is 1.80. The summed E-state index contributed by atoms with van der Waals surface area (Å²) in [6, 6.07) is 7.54. The Hall–Kier alpha value is -1.84. The van der Waals surface area contributed by atoms with Gasteiger partial charge in [-0.2, -0.15) is 0 Å². The van der Waals surface area contributed by atoms with Crippen molar-refractivity contribution < 1.29 is 14.3 Å². The molecule has 1 aromatic carbocycles. The van der Waals surface area contributed by atoms with Crippen LogP contribution in [0.15, 0.2) is 24.3 Å². The summed E-state index contributed by atoms with van der Waals surface area (Å²) in [4.78, 5) is 24.9. The van der Waals surface area contributed by atoms with Crippen LogP contribution in [0.5, 0.6) is 0 Å². The first kappa shape index (κ1) is 12.6. The summed E-state index contributed by atoms with van der Waals surface area (Å²) in [5.74, 6) is -0.378. The number of carbonyl (C=O) groups excluding carboxylic acids is 2. The minimum absolute atomic E-state index is 0.0135. The highest BCUT2D eigenvalue weighted by molar-refractivity contribution is 6.04. The third-order valence-corrected chi connectivity index (χ3v) is 2.97. The number of hydrogen-bond donors (Lipinski definition) is 0. The van der Waals surface area contributed by atoms with Crippen LogP contribution in [0, 0.1) is 0 Å². The van der Waals surface area contributed by atoms with E-state index in [1.54, 1.807) is 0 Å². The summed E-state index contributed by atoms with van der Waals surface area (Å²) in [7, 11) is 0. The van der Waals surface area contributed by atoms with Gasteiger partial charge in [-0.1, -0.05) is 31.5 Å². The lowest BCUT2D eigenvalue weighted by Gasteiger charge is -2.16. The number of unbranched alkanes of at least 4 members (excludes halogenated alkanes) is 1. The maximum Gasteiger partial charge on any atom is 0.326 e. The number of para-hydroxylation sites is 1. The Morgan fingerprint density at radius 3 is 2.94 bits per heavy atom. The second kappa shape index (κ2) is 5.67. The Morgan fingerprint density at radius 2 is 2.17 bits per heavy atom. The van der Waals surface area contributed by atoms with Crippen molar-refractivity contribution in [1.29, 1.82) is 0 Å². The predicted molar refractivity (Wildman–Crippen MR) is 68.4 cm³/mol. The Labute approximate surface area is 107 Å². The highest BCUT2D eigenvalue weighted by Gasteiger charge is 2.28. The zero-order valence-corrected chi connectivity index (χ0v) is 10.5. The van der Waals surface area contributed by atoms with E-state index in [1.165, 1.54) is 4.90 Å². The van der Waals surface area contributed by atoms with Gasteiger partial charge in [0.25, 0.3) is 0 Å². The van der Waals surface area contributed by atoms with Crippen LogP contribution in [0.4, 0.5) is 5.69 Å². The van der Waals surface area contributed by atoms with Crippen molar-refractivity contribution in [3.8, 4) is 0 Å². The van der Waals surface area contributed by atoms with Crippen molar-refractivity contribution in [1.82, 2.24) is 0 Å². The Morgan fingerprint density at radius 1 is 1.39 bits per heavy atom. The first-order chi connectivity index (χ1) is 8.72. The molecule has 0 aromatic heterocycles. The van der Waals surface area contributed by atoms with Gasteiger partial charge in [0.2, 0.25) is 5.91 Å². The van der Waals surface area contributed by atoms with E-state index in [0.29, 0.717) is 13.0 Å². The lowest BCUT2D eigenvalue weighted by Crippen LogP contribution is -2.33. The molecule has 18 heavy (non-hydrogen) atoms. The van der Waals surface area contributed by atoms with Gasteiger partial charge >= 0.3 is 5.97 Å². The summed E-state index contributed by atoms with van der Waals surface area (Å²) >= 11 is 0. The van der Waals surface area contributed by atoms with E-state index in [1.807, 2.05) is 31.2 Å². The number of benzene rings is 1. The second-order valence-electron chi connectivity index (χ2n) is 4.36. The van der Waals surface area contributed by atoms with Crippen LogP contribution in [0.1, 0.15) is 25.3 Å². The van der Waals surface area contributed by atoms with Gasteiger partial charge in [-0.05, 0) is 18.1 Å². The topological polar surface area (TPSA) is 46.6 Å². The maximum atomic E-state index is 11.8. The van der Waals surface area contributed by atoms with Crippen molar-refractivity contribution >= 4 is 17.6 Å². The molecule has 0 saturated heterocycles. The molecule has 1 aliphatic heterocycles. The molecule has 1 aromatic rings. The van der Waals surface area contributed by atoms with Gasteiger partial charge < -0.3 is 9.64 Å². The monoisotopic (exact) mass is 247 g/mol. The summed E-state index contributed by atoms with van der Waals surface area (Å²) in [6.07, 6.45) is 2.22. The van der Waals surface area contributed by atoms with Crippen LogP contribution in [0.2, 0.25) is 0 Å². The molecule has 0 fully saturated rings. The van der Waals surface area contributed by atoms with E-state index < -0.39 is 0 Å². The number of esters is 1. The molecule has 1 amide bonds. The normalized spacial score (nSPS) is 13.6. The molecule has 4 heteroatoms. The first-order valence-corrected chi connectivity index (χ1v) is 6.26. The van der Waals surface area contributed by atoms with E-state index in [-0.39, 0.29) is 18.4 Å². The smallest absolute Gasteiger partial charge is 0.326 e. The lowest BCUT2D eigenvalue weighted by molar-refractivity contribution is -0.142. The van der Waals surface area contributed by atoms with Gasteiger partial charge in [0.1, 0.15) is 6.54 Å². The van der Waals surface area contributed by atoms with E-state index in [0.717, 1.165) is 24.1 Å². The third kappa shape index (κ3) is 2.70. The number of carbonyl (C=O) groups is 2. The number of ether oxygens (including phenoxy) is 1. The molecule has 0 atom stereocenters. The van der Waals surface area contributed by atoms with Crippen molar-refractivity contribution in [2.45, 2.75) is 26.2 Å². The van der Waals surface area contributed by atoms with E-state index in [9.17, 15) is 9.59 Å². The molecular formula is C14H17NO3. The average molecular weight is 247 g/mol. The summed E-state index contributed by atoms with van der Waals surface area (Å²) < 4.78 is 5.07. The number of anilines is 1. The van der Waals surface area contributed by atoms with Gasteiger partial charge in [-0.25, -0.2) is 0 Å². The van der Waals surface area contributed by atoms with Crippen LogP contribution in [-0.4, -0.2) is 25.0 Å². The highest BCUT2D eigenvalue weighted by atomic mass is 16.5. The van der Waals surface area contributed by atoms with Gasteiger partial charge in [0.05, 0.1) is 13.0 Å². The van der Waals surface area contributed by atoms with Crippen LogP contribution in [0.25, 0.3) is 0 Å². The molecule has 0 aliphatic carbocycles. The highest BCUT2D eigenvalue weighted by Crippen LogP contribution is 2.27. The number of fused-ring (bicyclic) bond motifs is 1. The molecule has 0 saturated carbocycles. The maximum absolute atomic E-state index is 11.8. The van der Waals surface area contributed by atoms with E-state index >= 15 is 0 Å². The molecule has 0 radical (unpaired) electrons. The van der Waals surface area contributed by atoms with Gasteiger partial charge in [-0.3, -0.25) is 9.59 Å². The minimum atomic E-state index is -0.339. The molecule has 0 N–H and O–H groups in total. The molecule has 0 bridgehead atoms. The van der Waals surface area contributed by atoms with Crippen LogP contribution in [0.3, 0.4) is 0 Å². The Bertz CT molecular complexity index is 456. The molecule has 1 heterocycles. The third-order valence-electron chi connectivity index (χ3n) is 2.97. The van der Waals surface area contributed by atoms with E-state index in [4.69, 9.17) is 4.74 Å². The Balaban J connectivity index is 1.97. The lowest BCUT2D eigenvalue weighted by atomic mass is 10.2. The fourth-order valence-corrected chi connectivity index (χ4v) is 1.99. The minimum Gasteiger partial charge on any atom is -0.464 e. The zero-order chi connectivity index (χ0) is 13.0. The number of nitrogens with zero attached hydrogens (tertiary/aromatic N) is 1. The average Bonchev–Trinajstić information content (AvgIpc) is 2.67. The molecular weight excluding hydrogens is 230 g/mol. The van der Waals surface area contributed by atoms with Gasteiger partial charge in [0.15, 0.2) is 0 Å². The van der Waals surface area contributed by atoms with Crippen LogP contribution < -0.4 is 4.90 Å². The van der Waals surface area contributed by atoms with Gasteiger partial charge in [0, 0.05) is 5.69 Å². The molecule has 96 valence electrons. The fraction of sp³-hybridized carbons (Fsp3) is 0.429. The van der Waals surface area contributed by atoms with Crippen LogP contribution >= 0.6 is 0 Å². The number of hydrogen-bond acceptors (Lipinski definition) is 3. The quantitative estimate of drug-likeness (QED) is 0.590. The van der Waals surface area contributed by atoms with Crippen molar-refractivity contribution in [2.24, 2.45) is 0 Å². The standard InChI is InChI=1S/C14H17NO3/c1-2-3-8-18-14(17)10-15-12-7-5-4-6-11(12)9-13(15)16/h4-7H,2-3,8-10H2,1H3. The molecule has 0 unspecified atom stereocenters. The van der Waals surface area contributed by atoms with Gasteiger partial charge in [-0.15, -0.1) is 0 Å². The molecule has 1 aliphatic rings. The van der Waals surface area contributed by atoms with Crippen LogP contribution in [-0.2, 0) is 20.7 Å². The Kier molecular flexibility index (Phi) is 3.97. The van der Waals surface area contributed by atoms with Crippen molar-refractivity contribution in [2.75, 3.05) is 18.1 Å². The van der Waals surface area contributed by atoms with Crippen molar-refractivity contribution in [3.63, 3.8) is 0 Å².